The molecule has 3 amide bonds. The number of carbonyl (C=O) groups excluding carboxylic acids is 2. The largest absolute Gasteiger partial charge is 0.371 e. The number of nitrogens with zero attached hydrogens (tertiary/aromatic N) is 2. The summed E-state index contributed by atoms with van der Waals surface area (Å²) >= 11 is 0. The predicted octanol–water partition coefficient (Wildman–Crippen LogP) is 4.95. The Morgan fingerprint density at radius 2 is 1.74 bits per heavy atom. The van der Waals surface area contributed by atoms with Gasteiger partial charge >= 0.3 is 6.03 Å². The van der Waals surface area contributed by atoms with E-state index in [9.17, 15) is 9.59 Å². The molecule has 1 aliphatic heterocycles. The van der Waals surface area contributed by atoms with Crippen LogP contribution in [-0.4, -0.2) is 56.1 Å². The van der Waals surface area contributed by atoms with Gasteiger partial charge in [-0.25, -0.2) is 4.79 Å². The number of hydrogen-bond acceptors (Lipinski definition) is 4. The fraction of sp³-hybridized carbons (Fsp3) is 0.481. The van der Waals surface area contributed by atoms with E-state index in [0.717, 1.165) is 62.5 Å². The van der Waals surface area contributed by atoms with Gasteiger partial charge in [0.15, 0.2) is 0 Å². The lowest BCUT2D eigenvalue weighted by atomic mass is 9.98. The summed E-state index contributed by atoms with van der Waals surface area (Å²) < 4.78 is 0. The number of benzene rings is 2. The summed E-state index contributed by atoms with van der Waals surface area (Å²) in [5.74, 6) is 0.595. The number of aryl methyl sites for hydroxylation is 1. The molecule has 0 bridgehead atoms. The van der Waals surface area contributed by atoms with Crippen molar-refractivity contribution in [3.8, 4) is 0 Å². The maximum atomic E-state index is 13.2. The van der Waals surface area contributed by atoms with Crippen molar-refractivity contribution in [2.45, 2.75) is 40.5 Å². The van der Waals surface area contributed by atoms with Gasteiger partial charge in [-0.2, -0.15) is 0 Å². The minimum absolute atomic E-state index is 0.108. The van der Waals surface area contributed by atoms with Gasteiger partial charge in [0.1, 0.15) is 0 Å². The predicted molar refractivity (Wildman–Crippen MR) is 141 cm³/mol. The van der Waals surface area contributed by atoms with Gasteiger partial charge in [0.2, 0.25) is 0 Å². The number of piperidine rings is 1. The highest BCUT2D eigenvalue weighted by atomic mass is 16.2. The van der Waals surface area contributed by atoms with Crippen molar-refractivity contribution >= 4 is 29.0 Å². The van der Waals surface area contributed by atoms with Crippen LogP contribution in [0.1, 0.15) is 49.5 Å². The Labute approximate surface area is 203 Å². The lowest BCUT2D eigenvalue weighted by molar-refractivity contribution is 0.0949. The molecular weight excluding hydrogens is 426 g/mol. The van der Waals surface area contributed by atoms with E-state index in [-0.39, 0.29) is 11.9 Å². The molecule has 3 rings (SSSR count). The zero-order chi connectivity index (χ0) is 24.5. The molecule has 0 saturated carbocycles. The molecule has 0 aromatic heterocycles. The summed E-state index contributed by atoms with van der Waals surface area (Å²) in [5.41, 5.74) is 3.86. The number of nitrogens with one attached hydrogen (secondary N) is 3. The van der Waals surface area contributed by atoms with Crippen LogP contribution in [0.2, 0.25) is 0 Å². The number of likely N-dealkylation sites (N-methyl/N-ethyl adjacent to an activating group) is 1. The first-order chi connectivity index (χ1) is 16.4. The Morgan fingerprint density at radius 3 is 2.41 bits per heavy atom. The van der Waals surface area contributed by atoms with Crippen LogP contribution in [0.25, 0.3) is 0 Å². The number of para-hydroxylation sites is 1. The van der Waals surface area contributed by atoms with Gasteiger partial charge in [-0.05, 0) is 68.6 Å². The summed E-state index contributed by atoms with van der Waals surface area (Å²) in [6, 6.07) is 12.9. The van der Waals surface area contributed by atoms with E-state index in [1.807, 2.05) is 43.3 Å². The average Bonchev–Trinajstić information content (AvgIpc) is 2.84. The van der Waals surface area contributed by atoms with Crippen LogP contribution in [0.3, 0.4) is 0 Å². The monoisotopic (exact) mass is 465 g/mol. The SMILES string of the molecule is CCN(CC)CCNC(=O)c1cc(NC(=O)Nc2ccccc2C)ccc1N1CCC(C)CC1. The van der Waals surface area contributed by atoms with Crippen molar-refractivity contribution in [3.05, 3.63) is 53.6 Å². The fourth-order valence-electron chi connectivity index (χ4n) is 4.28. The van der Waals surface area contributed by atoms with E-state index in [4.69, 9.17) is 0 Å². The summed E-state index contributed by atoms with van der Waals surface area (Å²) in [5, 5.41) is 8.85. The Hall–Kier alpha value is -3.06. The molecule has 1 saturated heterocycles. The lowest BCUT2D eigenvalue weighted by Gasteiger charge is -2.33. The molecule has 0 spiro atoms. The third-order valence-corrected chi connectivity index (χ3v) is 6.62. The number of urea groups is 1. The van der Waals surface area contributed by atoms with Gasteiger partial charge in [-0.3, -0.25) is 4.79 Å². The minimum atomic E-state index is -0.332. The molecule has 7 heteroatoms. The van der Waals surface area contributed by atoms with Crippen LogP contribution in [-0.2, 0) is 0 Å². The zero-order valence-corrected chi connectivity index (χ0v) is 21.0. The van der Waals surface area contributed by atoms with Gasteiger partial charge in [0, 0.05) is 43.2 Å². The average molecular weight is 466 g/mol. The number of carbonyl (C=O) groups is 2. The third-order valence-electron chi connectivity index (χ3n) is 6.62. The normalized spacial score (nSPS) is 14.2. The second-order valence-electron chi connectivity index (χ2n) is 9.08. The molecule has 2 aromatic rings. The number of anilines is 3. The Bertz CT molecular complexity index is 965. The first kappa shape index (κ1) is 25.6. The molecule has 0 atom stereocenters. The molecular formula is C27H39N5O2. The van der Waals surface area contributed by atoms with E-state index in [2.05, 4.69) is 46.5 Å². The highest BCUT2D eigenvalue weighted by molar-refractivity contribution is 6.04. The second-order valence-corrected chi connectivity index (χ2v) is 9.08. The number of rotatable bonds is 9. The molecule has 0 radical (unpaired) electrons. The number of hydrogen-bond donors (Lipinski definition) is 3. The van der Waals surface area contributed by atoms with Gasteiger partial charge < -0.3 is 25.8 Å². The van der Waals surface area contributed by atoms with E-state index >= 15 is 0 Å². The molecule has 34 heavy (non-hydrogen) atoms. The maximum absolute atomic E-state index is 13.2. The standard InChI is InChI=1S/C27H39N5O2/c1-5-31(6-2)18-15-28-26(33)23-19-22(11-12-25(23)32-16-13-20(3)14-17-32)29-27(34)30-24-10-8-7-9-21(24)4/h7-12,19-20H,5-6,13-18H2,1-4H3,(H,28,33)(H2,29,30,34). The van der Waals surface area contributed by atoms with Crippen LogP contribution >= 0.6 is 0 Å². The first-order valence-electron chi connectivity index (χ1n) is 12.4. The molecule has 1 fully saturated rings. The first-order valence-corrected chi connectivity index (χ1v) is 12.4. The summed E-state index contributed by atoms with van der Waals surface area (Å²) in [7, 11) is 0. The van der Waals surface area contributed by atoms with Crippen LogP contribution < -0.4 is 20.9 Å². The Kier molecular flexibility index (Phi) is 9.33. The van der Waals surface area contributed by atoms with Gasteiger partial charge in [0.25, 0.3) is 5.91 Å². The highest BCUT2D eigenvalue weighted by Gasteiger charge is 2.22. The van der Waals surface area contributed by atoms with E-state index in [1.165, 1.54) is 0 Å². The van der Waals surface area contributed by atoms with Crippen molar-refractivity contribution in [1.82, 2.24) is 10.2 Å². The van der Waals surface area contributed by atoms with E-state index in [0.29, 0.717) is 23.7 Å². The molecule has 1 aliphatic rings. The van der Waals surface area contributed by atoms with Crippen LogP contribution in [0.4, 0.5) is 21.9 Å². The number of amides is 3. The summed E-state index contributed by atoms with van der Waals surface area (Å²) in [4.78, 5) is 30.4. The lowest BCUT2D eigenvalue weighted by Crippen LogP contribution is -2.37. The van der Waals surface area contributed by atoms with Gasteiger partial charge in [-0.1, -0.05) is 39.0 Å². The van der Waals surface area contributed by atoms with Crippen molar-refractivity contribution in [1.29, 1.82) is 0 Å². The molecule has 0 unspecified atom stereocenters. The fourth-order valence-corrected chi connectivity index (χ4v) is 4.28. The molecule has 2 aromatic carbocycles. The minimum Gasteiger partial charge on any atom is -0.371 e. The van der Waals surface area contributed by atoms with Crippen molar-refractivity contribution in [3.63, 3.8) is 0 Å². The quantitative estimate of drug-likeness (QED) is 0.490. The van der Waals surface area contributed by atoms with Crippen molar-refractivity contribution < 1.29 is 9.59 Å². The van der Waals surface area contributed by atoms with E-state index < -0.39 is 0 Å². The third kappa shape index (κ3) is 6.97. The van der Waals surface area contributed by atoms with Crippen LogP contribution in [0.5, 0.6) is 0 Å². The maximum Gasteiger partial charge on any atom is 0.323 e. The van der Waals surface area contributed by atoms with E-state index in [1.54, 1.807) is 6.07 Å². The Balaban J connectivity index is 1.75. The van der Waals surface area contributed by atoms with Crippen LogP contribution in [0.15, 0.2) is 42.5 Å². The molecule has 3 N–H and O–H groups in total. The summed E-state index contributed by atoms with van der Waals surface area (Å²) in [6.07, 6.45) is 2.23. The van der Waals surface area contributed by atoms with Gasteiger partial charge in [-0.15, -0.1) is 0 Å². The van der Waals surface area contributed by atoms with Crippen LogP contribution in [0, 0.1) is 12.8 Å². The topological polar surface area (TPSA) is 76.7 Å². The highest BCUT2D eigenvalue weighted by Crippen LogP contribution is 2.29. The molecule has 0 aliphatic carbocycles. The molecule has 7 nitrogen and oxygen atoms in total. The van der Waals surface area contributed by atoms with Gasteiger partial charge in [0.05, 0.1) is 5.56 Å². The van der Waals surface area contributed by atoms with Crippen molar-refractivity contribution in [2.75, 3.05) is 54.8 Å². The molecule has 184 valence electrons. The zero-order valence-electron chi connectivity index (χ0n) is 21.0. The smallest absolute Gasteiger partial charge is 0.323 e. The molecule has 1 heterocycles. The second kappa shape index (κ2) is 12.4. The van der Waals surface area contributed by atoms with Crippen molar-refractivity contribution in [2.24, 2.45) is 5.92 Å². The summed E-state index contributed by atoms with van der Waals surface area (Å²) in [6.45, 7) is 13.6. The Morgan fingerprint density at radius 1 is 1.03 bits per heavy atom.